The summed E-state index contributed by atoms with van der Waals surface area (Å²) in [4.78, 5) is 1.48. The molecule has 1 aromatic rings. The van der Waals surface area contributed by atoms with Crippen molar-refractivity contribution >= 4 is 23.0 Å². The Morgan fingerprint density at radius 1 is 1.33 bits per heavy atom. The Labute approximate surface area is 162 Å². The van der Waals surface area contributed by atoms with Crippen LogP contribution in [0.2, 0.25) is 0 Å². The van der Waals surface area contributed by atoms with Crippen LogP contribution in [0.4, 0.5) is 8.78 Å². The van der Waals surface area contributed by atoms with E-state index in [0.29, 0.717) is 16.4 Å². The van der Waals surface area contributed by atoms with Gasteiger partial charge in [0.15, 0.2) is 16.6 Å². The predicted octanol–water partition coefficient (Wildman–Crippen LogP) is 0.400. The van der Waals surface area contributed by atoms with Crippen molar-refractivity contribution in [1.82, 2.24) is 10.7 Å². The molecule has 1 fully saturated rings. The van der Waals surface area contributed by atoms with Gasteiger partial charge in [-0.1, -0.05) is 0 Å². The number of alkyl halides is 2. The number of halogens is 2. The molecule has 27 heavy (non-hydrogen) atoms. The van der Waals surface area contributed by atoms with Crippen molar-refractivity contribution in [1.29, 1.82) is 0 Å². The molecule has 0 radical (unpaired) electrons. The zero-order valence-corrected chi connectivity index (χ0v) is 16.2. The van der Waals surface area contributed by atoms with Gasteiger partial charge >= 0.3 is 6.61 Å². The maximum absolute atomic E-state index is 12.4. The largest absolute Gasteiger partial charge is 0.493 e. The Balaban J connectivity index is 1.83. The second kappa shape index (κ2) is 11.0. The summed E-state index contributed by atoms with van der Waals surface area (Å²) < 4.78 is 39.6. The maximum atomic E-state index is 12.4. The second-order valence-corrected chi connectivity index (χ2v) is 6.33. The lowest BCUT2D eigenvalue weighted by molar-refractivity contribution is -0.906. The third-order valence-electron chi connectivity index (χ3n) is 4.09. The first-order valence-electron chi connectivity index (χ1n) is 8.62. The van der Waals surface area contributed by atoms with Gasteiger partial charge in [0.05, 0.1) is 39.1 Å². The Morgan fingerprint density at radius 2 is 2.07 bits per heavy atom. The molecule has 1 aromatic carbocycles. The van der Waals surface area contributed by atoms with Crippen LogP contribution < -0.4 is 25.1 Å². The van der Waals surface area contributed by atoms with Gasteiger partial charge in [0.2, 0.25) is 0 Å². The van der Waals surface area contributed by atoms with E-state index in [4.69, 9.17) is 21.7 Å². The Hall–Kier alpha value is -2.04. The summed E-state index contributed by atoms with van der Waals surface area (Å²) in [6.07, 6.45) is 0. The molecule has 0 unspecified atom stereocenters. The molecule has 7 nitrogen and oxygen atoms in total. The highest BCUT2D eigenvalue weighted by atomic mass is 32.1. The molecule has 0 spiro atoms. The molecule has 2 rings (SSSR count). The quantitative estimate of drug-likeness (QED) is 0.332. The molecule has 1 aliphatic rings. The van der Waals surface area contributed by atoms with Crippen LogP contribution in [0.5, 0.6) is 11.5 Å². The molecule has 0 atom stereocenters. The number of nitrogens with one attached hydrogen (secondary N) is 3. The van der Waals surface area contributed by atoms with E-state index in [2.05, 4.69) is 20.6 Å². The molecular formula is C17H25F2N4O3S+. The van der Waals surface area contributed by atoms with Crippen molar-refractivity contribution in [3.05, 3.63) is 23.8 Å². The summed E-state index contributed by atoms with van der Waals surface area (Å²) in [5, 5.41) is 7.75. The number of ether oxygens (including phenoxy) is 3. The number of hydrogen-bond donors (Lipinski definition) is 3. The fourth-order valence-electron chi connectivity index (χ4n) is 2.59. The second-order valence-electron chi connectivity index (χ2n) is 5.92. The fraction of sp³-hybridized carbons (Fsp3) is 0.529. The monoisotopic (exact) mass is 403 g/mol. The third kappa shape index (κ3) is 7.24. The highest BCUT2D eigenvalue weighted by Gasteiger charge is 2.13. The summed E-state index contributed by atoms with van der Waals surface area (Å²) >= 11 is 5.21. The van der Waals surface area contributed by atoms with Gasteiger partial charge in [-0.15, -0.1) is 0 Å². The Bertz CT molecular complexity index is 655. The number of methoxy groups -OCH3 is 1. The molecule has 0 bridgehead atoms. The number of rotatable bonds is 8. The van der Waals surface area contributed by atoms with E-state index < -0.39 is 6.61 Å². The number of nitrogens with zero attached hydrogens (tertiary/aromatic N) is 1. The topological polar surface area (TPSA) is 68.5 Å². The minimum atomic E-state index is -2.91. The number of morpholine rings is 1. The normalized spacial score (nSPS) is 15.5. The molecule has 0 aromatic heterocycles. The van der Waals surface area contributed by atoms with E-state index in [1.54, 1.807) is 19.1 Å². The standard InChI is InChI=1S/C17H24F2N4O3S/c1-12(13-3-4-14(26-16(18)19)15(11-13)24-2)21-22-17(27)20-5-6-23-7-9-25-10-8-23/h3-4,11,16H,5-10H2,1-2H3,(H2,20,22,27)/p+1/b21-12-. The van der Waals surface area contributed by atoms with Crippen molar-refractivity contribution in [3.8, 4) is 11.5 Å². The van der Waals surface area contributed by atoms with Crippen LogP contribution in [0.3, 0.4) is 0 Å². The SMILES string of the molecule is COc1cc(/C(C)=N\NC(=S)NCC[NH+]2CCOCC2)ccc1OC(F)F. The van der Waals surface area contributed by atoms with E-state index in [0.717, 1.165) is 39.4 Å². The molecule has 1 heterocycles. The van der Waals surface area contributed by atoms with E-state index in [-0.39, 0.29) is 11.5 Å². The van der Waals surface area contributed by atoms with Gasteiger partial charge in [0.25, 0.3) is 0 Å². The molecule has 10 heteroatoms. The minimum absolute atomic E-state index is 0.0280. The summed E-state index contributed by atoms with van der Waals surface area (Å²) in [7, 11) is 1.39. The van der Waals surface area contributed by atoms with Gasteiger partial charge < -0.3 is 24.4 Å². The van der Waals surface area contributed by atoms with Crippen molar-refractivity contribution < 1.29 is 27.9 Å². The molecule has 3 N–H and O–H groups in total. The smallest absolute Gasteiger partial charge is 0.387 e. The first-order chi connectivity index (χ1) is 13.0. The van der Waals surface area contributed by atoms with E-state index >= 15 is 0 Å². The summed E-state index contributed by atoms with van der Waals surface area (Å²) in [5.74, 6) is 0.177. The number of hydrazone groups is 1. The van der Waals surface area contributed by atoms with Gasteiger partial charge in [0, 0.05) is 5.56 Å². The lowest BCUT2D eigenvalue weighted by Gasteiger charge is -2.23. The summed E-state index contributed by atoms with van der Waals surface area (Å²) in [5.41, 5.74) is 4.11. The molecule has 0 saturated carbocycles. The van der Waals surface area contributed by atoms with Crippen molar-refractivity contribution in [2.45, 2.75) is 13.5 Å². The van der Waals surface area contributed by atoms with E-state index in [9.17, 15) is 8.78 Å². The average molecular weight is 403 g/mol. The molecule has 0 amide bonds. The van der Waals surface area contributed by atoms with E-state index in [1.807, 2.05) is 0 Å². The van der Waals surface area contributed by atoms with Crippen LogP contribution in [-0.2, 0) is 4.74 Å². The van der Waals surface area contributed by atoms with Gasteiger partial charge in [0.1, 0.15) is 13.1 Å². The molecular weight excluding hydrogens is 378 g/mol. The highest BCUT2D eigenvalue weighted by molar-refractivity contribution is 7.80. The van der Waals surface area contributed by atoms with Crippen molar-refractivity contribution in [2.75, 3.05) is 46.5 Å². The van der Waals surface area contributed by atoms with Gasteiger partial charge in [-0.2, -0.15) is 13.9 Å². The number of quaternary nitrogens is 1. The van der Waals surface area contributed by atoms with Gasteiger partial charge in [-0.05, 0) is 37.3 Å². The first-order valence-corrected chi connectivity index (χ1v) is 9.03. The first kappa shape index (κ1) is 21.3. The van der Waals surface area contributed by atoms with Crippen molar-refractivity contribution in [3.63, 3.8) is 0 Å². The molecule has 1 saturated heterocycles. The van der Waals surface area contributed by atoms with Crippen LogP contribution in [0.1, 0.15) is 12.5 Å². The average Bonchev–Trinajstić information content (AvgIpc) is 2.66. The lowest BCUT2D eigenvalue weighted by atomic mass is 10.1. The van der Waals surface area contributed by atoms with Crippen LogP contribution >= 0.6 is 12.2 Å². The molecule has 150 valence electrons. The third-order valence-corrected chi connectivity index (χ3v) is 4.32. The van der Waals surface area contributed by atoms with Crippen LogP contribution in [-0.4, -0.2) is 63.9 Å². The number of hydrogen-bond acceptors (Lipinski definition) is 5. The van der Waals surface area contributed by atoms with Crippen molar-refractivity contribution in [2.24, 2.45) is 5.10 Å². The molecule has 1 aliphatic heterocycles. The minimum Gasteiger partial charge on any atom is -0.493 e. The lowest BCUT2D eigenvalue weighted by Crippen LogP contribution is -3.14. The van der Waals surface area contributed by atoms with Crippen LogP contribution in [0, 0.1) is 0 Å². The zero-order valence-electron chi connectivity index (χ0n) is 15.4. The van der Waals surface area contributed by atoms with Gasteiger partial charge in [-0.25, -0.2) is 0 Å². The fourth-order valence-corrected chi connectivity index (χ4v) is 2.74. The van der Waals surface area contributed by atoms with Crippen LogP contribution in [0.15, 0.2) is 23.3 Å². The highest BCUT2D eigenvalue weighted by Crippen LogP contribution is 2.29. The molecule has 0 aliphatic carbocycles. The summed E-state index contributed by atoms with van der Waals surface area (Å²) in [6.45, 7) is 4.16. The van der Waals surface area contributed by atoms with Gasteiger partial charge in [-0.3, -0.25) is 5.43 Å². The van der Waals surface area contributed by atoms with Crippen LogP contribution in [0.25, 0.3) is 0 Å². The van der Waals surface area contributed by atoms with E-state index in [1.165, 1.54) is 18.1 Å². The Morgan fingerprint density at radius 3 is 2.74 bits per heavy atom. The number of benzene rings is 1. The number of thiocarbonyl (C=S) groups is 1. The Kier molecular flexibility index (Phi) is 8.62. The zero-order chi connectivity index (χ0) is 19.6. The predicted molar refractivity (Wildman–Crippen MR) is 102 cm³/mol. The summed E-state index contributed by atoms with van der Waals surface area (Å²) in [6, 6.07) is 4.62. The maximum Gasteiger partial charge on any atom is 0.387 e.